The molecule has 1 aromatic carbocycles. The number of hydrogen-bond acceptors (Lipinski definition) is 3. The van der Waals surface area contributed by atoms with Crippen molar-refractivity contribution < 1.29 is 19.0 Å². The van der Waals surface area contributed by atoms with Gasteiger partial charge in [-0.2, -0.15) is 0 Å². The quantitative estimate of drug-likeness (QED) is 0.803. The average molecular weight is 226 g/mol. The SMILES string of the molecule is COC(=O)C(O)c1ccccc1C(C)(C)F. The van der Waals surface area contributed by atoms with Crippen molar-refractivity contribution in [1.29, 1.82) is 0 Å². The van der Waals surface area contributed by atoms with Gasteiger partial charge in [-0.25, -0.2) is 9.18 Å². The second-order valence-electron chi connectivity index (χ2n) is 3.99. The smallest absolute Gasteiger partial charge is 0.339 e. The monoisotopic (exact) mass is 226 g/mol. The van der Waals surface area contributed by atoms with Gasteiger partial charge in [0.1, 0.15) is 5.67 Å². The highest BCUT2D eigenvalue weighted by molar-refractivity contribution is 5.76. The first kappa shape index (κ1) is 12.6. The Bertz CT molecular complexity index is 382. The van der Waals surface area contributed by atoms with Crippen molar-refractivity contribution in [2.75, 3.05) is 7.11 Å². The molecule has 0 aliphatic carbocycles. The van der Waals surface area contributed by atoms with Crippen LogP contribution >= 0.6 is 0 Å². The number of methoxy groups -OCH3 is 1. The molecule has 0 aliphatic heterocycles. The topological polar surface area (TPSA) is 46.5 Å². The van der Waals surface area contributed by atoms with Crippen molar-refractivity contribution in [2.24, 2.45) is 0 Å². The molecule has 1 unspecified atom stereocenters. The average Bonchev–Trinajstić information content (AvgIpc) is 2.26. The van der Waals surface area contributed by atoms with Crippen molar-refractivity contribution in [3.63, 3.8) is 0 Å². The molecule has 0 amide bonds. The van der Waals surface area contributed by atoms with Crippen molar-refractivity contribution >= 4 is 5.97 Å². The Labute approximate surface area is 93.9 Å². The summed E-state index contributed by atoms with van der Waals surface area (Å²) in [7, 11) is 1.18. The molecule has 0 saturated carbocycles. The molecule has 4 heteroatoms. The third kappa shape index (κ3) is 2.58. The number of benzene rings is 1. The molecular weight excluding hydrogens is 211 g/mol. The number of esters is 1. The second-order valence-corrected chi connectivity index (χ2v) is 3.99. The second kappa shape index (κ2) is 4.61. The van der Waals surface area contributed by atoms with Crippen LogP contribution in [0.2, 0.25) is 0 Å². The first-order valence-electron chi connectivity index (χ1n) is 4.92. The fraction of sp³-hybridized carbons (Fsp3) is 0.417. The van der Waals surface area contributed by atoms with Crippen LogP contribution in [0.3, 0.4) is 0 Å². The lowest BCUT2D eigenvalue weighted by molar-refractivity contribution is -0.150. The molecule has 1 N–H and O–H groups in total. The molecular formula is C12H15FO3. The molecule has 88 valence electrons. The maximum atomic E-state index is 13.8. The van der Waals surface area contributed by atoms with Gasteiger partial charge in [-0.15, -0.1) is 0 Å². The van der Waals surface area contributed by atoms with Gasteiger partial charge in [0.05, 0.1) is 7.11 Å². The Kier molecular flexibility index (Phi) is 3.65. The first-order valence-corrected chi connectivity index (χ1v) is 4.92. The minimum Gasteiger partial charge on any atom is -0.467 e. The van der Waals surface area contributed by atoms with Gasteiger partial charge in [-0.3, -0.25) is 0 Å². The normalized spacial score (nSPS) is 13.3. The summed E-state index contributed by atoms with van der Waals surface area (Å²) >= 11 is 0. The van der Waals surface area contributed by atoms with E-state index in [2.05, 4.69) is 4.74 Å². The van der Waals surface area contributed by atoms with Crippen LogP contribution in [-0.4, -0.2) is 18.2 Å². The summed E-state index contributed by atoms with van der Waals surface area (Å²) in [6, 6.07) is 6.35. The van der Waals surface area contributed by atoms with Gasteiger partial charge < -0.3 is 9.84 Å². The molecule has 0 spiro atoms. The zero-order valence-corrected chi connectivity index (χ0v) is 9.53. The number of ether oxygens (including phenoxy) is 1. The summed E-state index contributed by atoms with van der Waals surface area (Å²) < 4.78 is 18.3. The lowest BCUT2D eigenvalue weighted by Crippen LogP contribution is -2.20. The van der Waals surface area contributed by atoms with Crippen molar-refractivity contribution in [2.45, 2.75) is 25.6 Å². The van der Waals surface area contributed by atoms with Crippen LogP contribution in [0.1, 0.15) is 31.1 Å². The van der Waals surface area contributed by atoms with Gasteiger partial charge in [0.25, 0.3) is 0 Å². The number of aliphatic hydroxyl groups is 1. The largest absolute Gasteiger partial charge is 0.467 e. The highest BCUT2D eigenvalue weighted by Crippen LogP contribution is 2.31. The van der Waals surface area contributed by atoms with E-state index in [0.717, 1.165) is 0 Å². The maximum absolute atomic E-state index is 13.8. The van der Waals surface area contributed by atoms with Crippen molar-refractivity contribution in [3.8, 4) is 0 Å². The van der Waals surface area contributed by atoms with Crippen LogP contribution in [0.15, 0.2) is 24.3 Å². The first-order chi connectivity index (χ1) is 7.38. The number of halogens is 1. The highest BCUT2D eigenvalue weighted by Gasteiger charge is 2.28. The standard InChI is InChI=1S/C12H15FO3/c1-12(2,13)9-7-5-4-6-8(9)10(14)11(15)16-3/h4-7,10,14H,1-3H3. The van der Waals surface area contributed by atoms with Crippen LogP contribution in [-0.2, 0) is 15.2 Å². The molecule has 0 aromatic heterocycles. The predicted molar refractivity (Wildman–Crippen MR) is 57.6 cm³/mol. The molecule has 0 heterocycles. The van der Waals surface area contributed by atoms with Crippen molar-refractivity contribution in [3.05, 3.63) is 35.4 Å². The summed E-state index contributed by atoms with van der Waals surface area (Å²) in [6.07, 6.45) is -1.45. The van der Waals surface area contributed by atoms with E-state index in [0.29, 0.717) is 0 Å². The molecule has 0 bridgehead atoms. The van der Waals surface area contributed by atoms with E-state index >= 15 is 0 Å². The van der Waals surface area contributed by atoms with E-state index in [9.17, 15) is 14.3 Å². The molecule has 0 radical (unpaired) electrons. The Morgan fingerprint density at radius 1 is 1.44 bits per heavy atom. The zero-order chi connectivity index (χ0) is 12.3. The van der Waals surface area contributed by atoms with Gasteiger partial charge in [-0.1, -0.05) is 24.3 Å². The number of alkyl halides is 1. The van der Waals surface area contributed by atoms with Crippen LogP contribution < -0.4 is 0 Å². The molecule has 1 atom stereocenters. The molecule has 0 fully saturated rings. The summed E-state index contributed by atoms with van der Waals surface area (Å²) in [4.78, 5) is 11.2. The van der Waals surface area contributed by atoms with E-state index < -0.39 is 17.7 Å². The number of hydrogen-bond donors (Lipinski definition) is 1. The van der Waals surface area contributed by atoms with Crippen LogP contribution in [0.5, 0.6) is 0 Å². The fourth-order valence-corrected chi connectivity index (χ4v) is 1.52. The molecule has 1 rings (SSSR count). The lowest BCUT2D eigenvalue weighted by Gasteiger charge is -2.20. The molecule has 16 heavy (non-hydrogen) atoms. The van der Waals surface area contributed by atoms with E-state index in [1.165, 1.54) is 27.0 Å². The van der Waals surface area contributed by atoms with Gasteiger partial charge in [0, 0.05) is 0 Å². The van der Waals surface area contributed by atoms with Crippen LogP contribution in [0, 0.1) is 0 Å². The number of carbonyl (C=O) groups excluding carboxylic acids is 1. The fourth-order valence-electron chi connectivity index (χ4n) is 1.52. The van der Waals surface area contributed by atoms with Gasteiger partial charge >= 0.3 is 5.97 Å². The number of rotatable bonds is 3. The van der Waals surface area contributed by atoms with Crippen LogP contribution in [0.25, 0.3) is 0 Å². The molecule has 1 aromatic rings. The van der Waals surface area contributed by atoms with E-state index in [1.807, 2.05) is 0 Å². The predicted octanol–water partition coefficient (Wildman–Crippen LogP) is 2.10. The number of carbonyl (C=O) groups is 1. The molecule has 3 nitrogen and oxygen atoms in total. The van der Waals surface area contributed by atoms with Crippen LogP contribution in [0.4, 0.5) is 4.39 Å². The highest BCUT2D eigenvalue weighted by atomic mass is 19.1. The zero-order valence-electron chi connectivity index (χ0n) is 9.53. The van der Waals surface area contributed by atoms with Gasteiger partial charge in [0.15, 0.2) is 6.10 Å². The third-order valence-corrected chi connectivity index (χ3v) is 2.32. The summed E-state index contributed by atoms with van der Waals surface area (Å²) in [5.41, 5.74) is -1.10. The summed E-state index contributed by atoms with van der Waals surface area (Å²) in [6.45, 7) is 2.74. The van der Waals surface area contributed by atoms with Gasteiger partial charge in [0.2, 0.25) is 0 Å². The van der Waals surface area contributed by atoms with E-state index in [4.69, 9.17) is 0 Å². The Morgan fingerprint density at radius 3 is 2.50 bits per heavy atom. The minimum absolute atomic E-state index is 0.238. The molecule has 0 saturated heterocycles. The van der Waals surface area contributed by atoms with Crippen molar-refractivity contribution in [1.82, 2.24) is 0 Å². The number of aliphatic hydroxyl groups excluding tert-OH is 1. The third-order valence-electron chi connectivity index (χ3n) is 2.32. The summed E-state index contributed by atoms with van der Waals surface area (Å²) in [5.74, 6) is -0.795. The summed E-state index contributed by atoms with van der Waals surface area (Å²) in [5, 5.41) is 9.69. The Morgan fingerprint density at radius 2 is 2.00 bits per heavy atom. The Hall–Kier alpha value is -1.42. The van der Waals surface area contributed by atoms with E-state index in [-0.39, 0.29) is 11.1 Å². The van der Waals surface area contributed by atoms with E-state index in [1.54, 1.807) is 18.2 Å². The van der Waals surface area contributed by atoms with Gasteiger partial charge in [-0.05, 0) is 25.0 Å². The maximum Gasteiger partial charge on any atom is 0.339 e. The lowest BCUT2D eigenvalue weighted by atomic mass is 9.92. The minimum atomic E-state index is -1.62. The molecule has 0 aliphatic rings. The Balaban J connectivity index is 3.19.